The van der Waals surface area contributed by atoms with Crippen LogP contribution in [0.1, 0.15) is 24.0 Å². The Balaban J connectivity index is 0.00000320. The largest absolute Gasteiger partial charge is 0.800 e. The van der Waals surface area contributed by atoms with Gasteiger partial charge in [-0.2, -0.15) is 0 Å². The molecule has 0 N–H and O–H groups in total. The van der Waals surface area contributed by atoms with Gasteiger partial charge < -0.3 is 40.0 Å². The van der Waals surface area contributed by atoms with Gasteiger partial charge in [-0.3, -0.25) is 4.99 Å². The zero-order valence-electron chi connectivity index (χ0n) is 17.8. The zero-order valence-corrected chi connectivity index (χ0v) is 21.6. The number of rotatable bonds is 7. The van der Waals surface area contributed by atoms with Gasteiger partial charge in [-0.15, -0.1) is 0 Å². The van der Waals surface area contributed by atoms with E-state index in [1.54, 1.807) is 0 Å². The van der Waals surface area contributed by atoms with Crippen LogP contribution in [0.15, 0.2) is 53.5 Å². The topological polar surface area (TPSA) is 22.1 Å². The third-order valence-corrected chi connectivity index (χ3v) is 6.00. The van der Waals surface area contributed by atoms with Crippen LogP contribution in [0.5, 0.6) is 0 Å². The average molecular weight is 624 g/mol. The summed E-state index contributed by atoms with van der Waals surface area (Å²) in [5.41, 5.74) is 6.28. The zero-order chi connectivity index (χ0) is 20.8. The van der Waals surface area contributed by atoms with Crippen molar-refractivity contribution in [3.63, 3.8) is 0 Å². The standard InChI is InChI=1S/C23H32N4S2.Au/c1-25(2)21-8-6-19(7-9-21)17-26(3)22-10-4-18(5-11-22)16-24-20-12-14-27(15-13-20)23(28)29;/h4-11,23,28-29H,12-17H2,1-3H3;/p-2. The van der Waals surface area contributed by atoms with Crippen molar-refractivity contribution >= 4 is 42.3 Å². The van der Waals surface area contributed by atoms with Crippen LogP contribution in [0.25, 0.3) is 0 Å². The number of nitrogens with zero attached hydrogens (tertiary/aromatic N) is 4. The van der Waals surface area contributed by atoms with E-state index in [0.717, 1.165) is 39.0 Å². The number of benzene rings is 2. The number of anilines is 2. The van der Waals surface area contributed by atoms with E-state index in [9.17, 15) is 0 Å². The van der Waals surface area contributed by atoms with Crippen molar-refractivity contribution in [3.05, 3.63) is 59.7 Å². The maximum atomic E-state index is 5.16. The molecular formula is C23H30AuN4S2-2. The monoisotopic (exact) mass is 623 g/mol. The van der Waals surface area contributed by atoms with E-state index in [0.29, 0.717) is 0 Å². The molecule has 4 nitrogen and oxygen atoms in total. The van der Waals surface area contributed by atoms with E-state index in [-0.39, 0.29) is 27.1 Å². The molecule has 1 radical (unpaired) electrons. The van der Waals surface area contributed by atoms with Crippen LogP contribution in [0, 0.1) is 0 Å². The Morgan fingerprint density at radius 1 is 0.867 bits per heavy atom. The summed E-state index contributed by atoms with van der Waals surface area (Å²) in [6.45, 7) is 3.51. The molecule has 1 aliphatic heterocycles. The fourth-order valence-corrected chi connectivity index (χ4v) is 3.90. The van der Waals surface area contributed by atoms with Crippen LogP contribution in [-0.2, 0) is 60.7 Å². The number of hydrogen-bond donors (Lipinski definition) is 0. The molecule has 30 heavy (non-hydrogen) atoms. The van der Waals surface area contributed by atoms with Gasteiger partial charge in [0, 0.05) is 67.2 Å². The summed E-state index contributed by atoms with van der Waals surface area (Å²) in [7, 11) is 6.26. The minimum absolute atomic E-state index is 0. The first-order valence-electron chi connectivity index (χ1n) is 10.1. The first-order chi connectivity index (χ1) is 13.9. The number of aliphatic imine (C=N–C) groups is 1. The van der Waals surface area contributed by atoms with E-state index < -0.39 is 0 Å². The molecule has 2 aromatic rings. The first kappa shape index (κ1) is 25.4. The summed E-state index contributed by atoms with van der Waals surface area (Å²) in [5.74, 6) is 0. The molecule has 167 valence electrons. The molecule has 1 saturated heterocycles. The fraction of sp³-hybridized carbons (Fsp3) is 0.435. The van der Waals surface area contributed by atoms with Crippen molar-refractivity contribution in [2.75, 3.05) is 44.0 Å². The molecule has 0 spiro atoms. The summed E-state index contributed by atoms with van der Waals surface area (Å²) < 4.78 is -0.188. The normalized spacial score (nSPS) is 14.4. The van der Waals surface area contributed by atoms with Gasteiger partial charge >= 0.3 is 0 Å². The van der Waals surface area contributed by atoms with Gasteiger partial charge in [0.15, 0.2) is 0 Å². The summed E-state index contributed by atoms with van der Waals surface area (Å²) >= 11 is 10.3. The molecule has 3 rings (SSSR count). The van der Waals surface area contributed by atoms with Crippen molar-refractivity contribution in [1.82, 2.24) is 4.90 Å². The van der Waals surface area contributed by atoms with Crippen LogP contribution in [-0.4, -0.2) is 49.6 Å². The van der Waals surface area contributed by atoms with Gasteiger partial charge in [0.05, 0.1) is 6.54 Å². The Morgan fingerprint density at radius 3 is 1.93 bits per heavy atom. The van der Waals surface area contributed by atoms with Crippen LogP contribution in [0.4, 0.5) is 11.4 Å². The van der Waals surface area contributed by atoms with Gasteiger partial charge in [0.2, 0.25) is 0 Å². The molecular weight excluding hydrogens is 593 g/mol. The molecule has 0 saturated carbocycles. The predicted molar refractivity (Wildman–Crippen MR) is 130 cm³/mol. The van der Waals surface area contributed by atoms with Crippen molar-refractivity contribution in [3.8, 4) is 0 Å². The van der Waals surface area contributed by atoms with Crippen molar-refractivity contribution in [2.45, 2.75) is 30.6 Å². The smallest absolute Gasteiger partial charge is 0.0639 e. The molecule has 0 atom stereocenters. The molecule has 1 heterocycles. The molecule has 0 aliphatic carbocycles. The van der Waals surface area contributed by atoms with E-state index >= 15 is 0 Å². The Morgan fingerprint density at radius 2 is 1.40 bits per heavy atom. The quantitative estimate of drug-likeness (QED) is 0.345. The Bertz CT molecular complexity index is 797. The SMILES string of the molecule is CN(C)c1ccc(CN(C)c2ccc(CN=C3CCN(C([S-])[S-])CC3)cc2)cc1.[Au]. The molecule has 2 aromatic carbocycles. The van der Waals surface area contributed by atoms with Crippen molar-refractivity contribution in [1.29, 1.82) is 0 Å². The Hall–Kier alpha value is -0.890. The summed E-state index contributed by atoms with van der Waals surface area (Å²) in [4.78, 5) is 11.4. The Kier molecular flexibility index (Phi) is 10.3. The molecule has 1 aliphatic rings. The van der Waals surface area contributed by atoms with Gasteiger partial charge in [-0.1, -0.05) is 24.3 Å². The Labute approximate surface area is 208 Å². The van der Waals surface area contributed by atoms with Crippen LogP contribution < -0.4 is 9.80 Å². The second kappa shape index (κ2) is 12.2. The van der Waals surface area contributed by atoms with Gasteiger partial charge in [-0.05, 0) is 61.3 Å². The van der Waals surface area contributed by atoms with E-state index in [2.05, 4.69) is 84.4 Å². The third kappa shape index (κ3) is 7.36. The molecule has 0 bridgehead atoms. The maximum absolute atomic E-state index is 5.16. The molecule has 0 unspecified atom stereocenters. The molecule has 0 aromatic heterocycles. The summed E-state index contributed by atoms with van der Waals surface area (Å²) in [6.07, 6.45) is 1.97. The second-order valence-corrected chi connectivity index (χ2v) is 9.00. The number of hydrogen-bond acceptors (Lipinski definition) is 6. The average Bonchev–Trinajstić information content (AvgIpc) is 2.73. The van der Waals surface area contributed by atoms with Crippen molar-refractivity contribution < 1.29 is 22.4 Å². The van der Waals surface area contributed by atoms with E-state index in [4.69, 9.17) is 30.2 Å². The van der Waals surface area contributed by atoms with Crippen LogP contribution in [0.3, 0.4) is 0 Å². The summed E-state index contributed by atoms with van der Waals surface area (Å²) in [6, 6.07) is 17.5. The molecule has 1 fully saturated rings. The second-order valence-electron chi connectivity index (χ2n) is 7.81. The van der Waals surface area contributed by atoms with Crippen LogP contribution >= 0.6 is 0 Å². The summed E-state index contributed by atoms with van der Waals surface area (Å²) in [5, 5.41) is 0. The van der Waals surface area contributed by atoms with Crippen molar-refractivity contribution in [2.24, 2.45) is 4.99 Å². The minimum atomic E-state index is -0.188. The van der Waals surface area contributed by atoms with Gasteiger partial charge in [0.1, 0.15) is 0 Å². The number of piperidine rings is 1. The van der Waals surface area contributed by atoms with Crippen LogP contribution in [0.2, 0.25) is 0 Å². The van der Waals surface area contributed by atoms with Gasteiger partial charge in [-0.25, -0.2) is 4.71 Å². The van der Waals surface area contributed by atoms with E-state index in [1.165, 1.54) is 28.2 Å². The molecule has 0 amide bonds. The predicted octanol–water partition coefficient (Wildman–Crippen LogP) is 3.80. The van der Waals surface area contributed by atoms with Gasteiger partial charge in [0.25, 0.3) is 0 Å². The fourth-order valence-electron chi connectivity index (χ4n) is 3.47. The third-order valence-electron chi connectivity index (χ3n) is 5.41. The maximum Gasteiger partial charge on any atom is 0.0639 e. The van der Waals surface area contributed by atoms with E-state index in [1.807, 2.05) is 0 Å². The molecule has 7 heteroatoms. The first-order valence-corrected chi connectivity index (χ1v) is 11.0. The minimum Gasteiger partial charge on any atom is -0.800 e. The number of likely N-dealkylation sites (tertiary alicyclic amines) is 1.